The Hall–Kier alpha value is -0.850. The molecule has 1 nitrogen and oxygen atoms in total. The fraction of sp³-hybridized carbons (Fsp3) is 0.706. The van der Waals surface area contributed by atoms with Crippen LogP contribution < -0.4 is 0 Å². The summed E-state index contributed by atoms with van der Waals surface area (Å²) in [6, 6.07) is 0. The molecule has 0 radical (unpaired) electrons. The van der Waals surface area contributed by atoms with Crippen LogP contribution in [0.15, 0.2) is 23.3 Å². The largest absolute Gasteiger partial charge is 0.300 e. The second-order valence-electron chi connectivity index (χ2n) is 6.33. The molecule has 2 aliphatic carbocycles. The number of Topliss-reactive ketones (excluding diaryl/α,β-unsaturated/α-hetero) is 1. The molecule has 2 rings (SSSR count). The molecule has 1 heteroatoms. The summed E-state index contributed by atoms with van der Waals surface area (Å²) >= 11 is 0. The van der Waals surface area contributed by atoms with E-state index in [0.717, 1.165) is 25.7 Å². The fourth-order valence-corrected chi connectivity index (χ4v) is 3.14. The van der Waals surface area contributed by atoms with Crippen molar-refractivity contribution < 1.29 is 4.79 Å². The van der Waals surface area contributed by atoms with Crippen LogP contribution in [0, 0.1) is 11.8 Å². The minimum atomic E-state index is 0.505. The van der Waals surface area contributed by atoms with Crippen molar-refractivity contribution >= 4 is 5.78 Å². The quantitative estimate of drug-likeness (QED) is 0.649. The topological polar surface area (TPSA) is 17.1 Å². The van der Waals surface area contributed by atoms with E-state index in [-0.39, 0.29) is 0 Å². The Balaban J connectivity index is 1.72. The van der Waals surface area contributed by atoms with Crippen molar-refractivity contribution in [2.24, 2.45) is 11.8 Å². The number of hydrogen-bond acceptors (Lipinski definition) is 1. The molecule has 100 valence electrons. The summed E-state index contributed by atoms with van der Waals surface area (Å²) < 4.78 is 0. The summed E-state index contributed by atoms with van der Waals surface area (Å²) in [7, 11) is 0. The van der Waals surface area contributed by atoms with Crippen LogP contribution in [0.4, 0.5) is 0 Å². The van der Waals surface area contributed by atoms with Gasteiger partial charge in [0.1, 0.15) is 5.78 Å². The van der Waals surface area contributed by atoms with Gasteiger partial charge in [0.25, 0.3) is 0 Å². The van der Waals surface area contributed by atoms with E-state index >= 15 is 0 Å². The Labute approximate surface area is 111 Å². The lowest BCUT2D eigenvalue weighted by atomic mass is 9.82. The second kappa shape index (κ2) is 6.36. The summed E-state index contributed by atoms with van der Waals surface area (Å²) in [6.45, 7) is 4.41. The van der Waals surface area contributed by atoms with Gasteiger partial charge in [-0.1, -0.05) is 23.3 Å². The van der Waals surface area contributed by atoms with Gasteiger partial charge in [0.15, 0.2) is 0 Å². The van der Waals surface area contributed by atoms with E-state index in [1.807, 2.05) is 0 Å². The van der Waals surface area contributed by atoms with Crippen molar-refractivity contribution in [3.05, 3.63) is 23.3 Å². The first-order chi connectivity index (χ1) is 8.63. The van der Waals surface area contributed by atoms with Crippen LogP contribution in [-0.4, -0.2) is 5.78 Å². The third kappa shape index (κ3) is 4.12. The van der Waals surface area contributed by atoms with Crippen LogP contribution in [0.1, 0.15) is 65.2 Å². The standard InChI is InChI=1S/C17H26O/c1-13-3-7-15(8-4-13)11-17(18)12-16-9-5-14(2)6-10-16/h3,5,15-16H,4,6-12H2,1-2H3. The molecular weight excluding hydrogens is 220 g/mol. The summed E-state index contributed by atoms with van der Waals surface area (Å²) in [5.74, 6) is 1.76. The summed E-state index contributed by atoms with van der Waals surface area (Å²) in [5, 5.41) is 0. The van der Waals surface area contributed by atoms with Gasteiger partial charge in [0.05, 0.1) is 0 Å². The van der Waals surface area contributed by atoms with Crippen molar-refractivity contribution in [1.29, 1.82) is 0 Å². The molecule has 18 heavy (non-hydrogen) atoms. The number of carbonyl (C=O) groups is 1. The summed E-state index contributed by atoms with van der Waals surface area (Å²) in [6.07, 6.45) is 13.4. The first-order valence-corrected chi connectivity index (χ1v) is 7.46. The number of allylic oxidation sites excluding steroid dienone is 4. The van der Waals surface area contributed by atoms with E-state index in [2.05, 4.69) is 26.0 Å². The molecule has 2 aliphatic rings. The van der Waals surface area contributed by atoms with Crippen LogP contribution in [0.25, 0.3) is 0 Å². The maximum atomic E-state index is 12.1. The molecule has 0 aromatic rings. The highest BCUT2D eigenvalue weighted by Crippen LogP contribution is 2.29. The molecular formula is C17H26O. The maximum absolute atomic E-state index is 12.1. The Morgan fingerprint density at radius 2 is 1.44 bits per heavy atom. The predicted octanol–water partition coefficient (Wildman–Crippen LogP) is 4.83. The number of carbonyl (C=O) groups excluding carboxylic acids is 1. The molecule has 0 saturated carbocycles. The number of ketones is 1. The minimum absolute atomic E-state index is 0.505. The first kappa shape index (κ1) is 13.6. The molecule has 0 aliphatic heterocycles. The zero-order valence-electron chi connectivity index (χ0n) is 11.9. The van der Waals surface area contributed by atoms with Crippen LogP contribution in [0.2, 0.25) is 0 Å². The number of rotatable bonds is 4. The highest BCUT2D eigenvalue weighted by atomic mass is 16.1. The molecule has 0 N–H and O–H groups in total. The average Bonchev–Trinajstić information content (AvgIpc) is 2.35. The Morgan fingerprint density at radius 3 is 1.78 bits per heavy atom. The van der Waals surface area contributed by atoms with Gasteiger partial charge in [0, 0.05) is 12.8 Å². The average molecular weight is 246 g/mol. The molecule has 0 aromatic carbocycles. The lowest BCUT2D eigenvalue weighted by Gasteiger charge is -2.22. The molecule has 0 heterocycles. The third-order valence-electron chi connectivity index (χ3n) is 4.53. The van der Waals surface area contributed by atoms with Gasteiger partial charge in [-0.3, -0.25) is 4.79 Å². The van der Waals surface area contributed by atoms with Crippen molar-refractivity contribution in [1.82, 2.24) is 0 Å². The van der Waals surface area contributed by atoms with E-state index in [9.17, 15) is 4.79 Å². The van der Waals surface area contributed by atoms with Gasteiger partial charge in [-0.25, -0.2) is 0 Å². The smallest absolute Gasteiger partial charge is 0.133 e. The molecule has 2 unspecified atom stereocenters. The van der Waals surface area contributed by atoms with Crippen molar-refractivity contribution in [3.63, 3.8) is 0 Å². The van der Waals surface area contributed by atoms with Gasteiger partial charge in [-0.15, -0.1) is 0 Å². The van der Waals surface area contributed by atoms with Gasteiger partial charge in [-0.2, -0.15) is 0 Å². The van der Waals surface area contributed by atoms with E-state index < -0.39 is 0 Å². The van der Waals surface area contributed by atoms with E-state index in [1.165, 1.54) is 36.8 Å². The predicted molar refractivity (Wildman–Crippen MR) is 76.4 cm³/mol. The van der Waals surface area contributed by atoms with E-state index in [4.69, 9.17) is 0 Å². The second-order valence-corrected chi connectivity index (χ2v) is 6.33. The monoisotopic (exact) mass is 246 g/mol. The van der Waals surface area contributed by atoms with Crippen LogP contribution in [-0.2, 0) is 4.79 Å². The molecule has 2 atom stereocenters. The van der Waals surface area contributed by atoms with Gasteiger partial charge >= 0.3 is 0 Å². The Kier molecular flexibility index (Phi) is 4.79. The first-order valence-electron chi connectivity index (χ1n) is 7.46. The summed E-state index contributed by atoms with van der Waals surface area (Å²) in [5.41, 5.74) is 3.01. The Morgan fingerprint density at radius 1 is 1.00 bits per heavy atom. The molecule has 0 saturated heterocycles. The Bertz CT molecular complexity index is 328. The number of hydrogen-bond donors (Lipinski definition) is 0. The molecule has 0 fully saturated rings. The van der Waals surface area contributed by atoms with Crippen molar-refractivity contribution in [3.8, 4) is 0 Å². The van der Waals surface area contributed by atoms with E-state index in [1.54, 1.807) is 0 Å². The lowest BCUT2D eigenvalue weighted by molar-refractivity contribution is -0.121. The van der Waals surface area contributed by atoms with Crippen molar-refractivity contribution in [2.75, 3.05) is 0 Å². The van der Waals surface area contributed by atoms with Crippen LogP contribution in [0.3, 0.4) is 0 Å². The van der Waals surface area contributed by atoms with E-state index in [0.29, 0.717) is 17.6 Å². The fourth-order valence-electron chi connectivity index (χ4n) is 3.14. The molecule has 0 spiro atoms. The molecule has 0 amide bonds. The van der Waals surface area contributed by atoms with Gasteiger partial charge in [-0.05, 0) is 64.2 Å². The summed E-state index contributed by atoms with van der Waals surface area (Å²) in [4.78, 5) is 12.1. The molecule has 0 bridgehead atoms. The van der Waals surface area contributed by atoms with Gasteiger partial charge < -0.3 is 0 Å². The maximum Gasteiger partial charge on any atom is 0.133 e. The van der Waals surface area contributed by atoms with Crippen molar-refractivity contribution in [2.45, 2.75) is 65.2 Å². The van der Waals surface area contributed by atoms with Crippen LogP contribution >= 0.6 is 0 Å². The zero-order valence-corrected chi connectivity index (χ0v) is 11.9. The SMILES string of the molecule is CC1=CCC(CC(=O)CC2CC=C(C)CC2)CC1. The zero-order chi connectivity index (χ0) is 13.0. The van der Waals surface area contributed by atoms with Gasteiger partial charge in [0.2, 0.25) is 0 Å². The highest BCUT2D eigenvalue weighted by Gasteiger charge is 2.20. The minimum Gasteiger partial charge on any atom is -0.300 e. The lowest BCUT2D eigenvalue weighted by Crippen LogP contribution is -2.15. The normalized spacial score (nSPS) is 28.6. The third-order valence-corrected chi connectivity index (χ3v) is 4.53. The van der Waals surface area contributed by atoms with Crippen LogP contribution in [0.5, 0.6) is 0 Å². The highest BCUT2D eigenvalue weighted by molar-refractivity contribution is 5.79. The molecule has 0 aromatic heterocycles.